The fourth-order valence-electron chi connectivity index (χ4n) is 1.29. The Morgan fingerprint density at radius 3 is 2.87 bits per heavy atom. The molecule has 2 N–H and O–H groups in total. The molecule has 4 nitrogen and oxygen atoms in total. The van der Waals surface area contributed by atoms with Crippen LogP contribution in [0.1, 0.15) is 11.5 Å². The second-order valence-corrected chi connectivity index (χ2v) is 3.19. The van der Waals surface area contributed by atoms with Crippen molar-refractivity contribution in [3.8, 4) is 0 Å². The molecule has 0 aliphatic rings. The summed E-state index contributed by atoms with van der Waals surface area (Å²) in [6, 6.07) is 7.58. The Balaban J connectivity index is 0.00000112. The van der Waals surface area contributed by atoms with Crippen LogP contribution in [0.15, 0.2) is 35.0 Å². The molecular weight excluding hydrogens is 258 g/mol. The Morgan fingerprint density at radius 1 is 1.47 bits per heavy atom. The number of nitrogens with two attached hydrogens (primary N) is 1. The maximum atomic E-state index is 5.78. The molecule has 0 aromatic carbocycles. The number of aryl methyl sites for hydroxylation is 1. The molecule has 0 spiro atoms. The highest BCUT2D eigenvalue weighted by Crippen LogP contribution is 2.02. The third-order valence-corrected chi connectivity index (χ3v) is 1.98. The second kappa shape index (κ2) is 4.93. The summed E-state index contributed by atoms with van der Waals surface area (Å²) in [4.78, 5) is 0. The van der Waals surface area contributed by atoms with Crippen LogP contribution in [0.2, 0.25) is 0 Å². The van der Waals surface area contributed by atoms with Gasteiger partial charge in [0.05, 0.1) is 11.9 Å². The van der Waals surface area contributed by atoms with E-state index in [4.69, 9.17) is 10.3 Å². The lowest BCUT2D eigenvalue weighted by Crippen LogP contribution is -3.00. The smallest absolute Gasteiger partial charge is 0.272 e. The summed E-state index contributed by atoms with van der Waals surface area (Å²) in [6.07, 6.45) is 1.91. The monoisotopic (exact) mass is 269 g/mol. The van der Waals surface area contributed by atoms with Crippen LogP contribution in [0.4, 0.5) is 5.82 Å². The van der Waals surface area contributed by atoms with Gasteiger partial charge in [-0.3, -0.25) is 5.73 Å². The number of hydrogen-bond acceptors (Lipinski definition) is 3. The fourth-order valence-corrected chi connectivity index (χ4v) is 1.29. The predicted molar refractivity (Wildman–Crippen MR) is 51.4 cm³/mol. The van der Waals surface area contributed by atoms with Crippen molar-refractivity contribution in [3.63, 3.8) is 0 Å². The largest absolute Gasteiger partial charge is 1.00 e. The molecule has 0 aliphatic heterocycles. The number of nitrogens with zero attached hydrogens (tertiary/aromatic N) is 2. The highest BCUT2D eigenvalue weighted by Gasteiger charge is 2.07. The van der Waals surface area contributed by atoms with Gasteiger partial charge in [0.15, 0.2) is 12.3 Å². The van der Waals surface area contributed by atoms with Gasteiger partial charge in [0.1, 0.15) is 0 Å². The minimum absolute atomic E-state index is 0. The van der Waals surface area contributed by atoms with E-state index in [1.807, 2.05) is 42.0 Å². The molecule has 0 saturated heterocycles. The third-order valence-electron chi connectivity index (χ3n) is 1.98. The number of hydrogen-bond donors (Lipinski definition) is 1. The van der Waals surface area contributed by atoms with Crippen LogP contribution in [-0.2, 0) is 6.54 Å². The highest BCUT2D eigenvalue weighted by molar-refractivity contribution is 5.19. The van der Waals surface area contributed by atoms with E-state index in [2.05, 4.69) is 5.16 Å². The first-order chi connectivity index (χ1) is 6.75. The molecule has 2 heterocycles. The van der Waals surface area contributed by atoms with Crippen LogP contribution < -0.4 is 27.3 Å². The van der Waals surface area contributed by atoms with Crippen LogP contribution in [0, 0.1) is 6.92 Å². The van der Waals surface area contributed by atoms with E-state index >= 15 is 0 Å². The van der Waals surface area contributed by atoms with E-state index in [-0.39, 0.29) is 17.0 Å². The van der Waals surface area contributed by atoms with E-state index in [0.717, 1.165) is 11.5 Å². The Kier molecular flexibility index (Phi) is 3.85. The van der Waals surface area contributed by atoms with Gasteiger partial charge in [-0.25, -0.2) is 4.57 Å². The fraction of sp³-hybridized carbons (Fsp3) is 0.200. The summed E-state index contributed by atoms with van der Waals surface area (Å²) in [5, 5.41) is 3.81. The lowest BCUT2D eigenvalue weighted by molar-refractivity contribution is -0.675. The minimum atomic E-state index is 0. The first-order valence-electron chi connectivity index (χ1n) is 4.42. The molecule has 0 bridgehead atoms. The van der Waals surface area contributed by atoms with Gasteiger partial charge in [-0.05, 0) is 13.0 Å². The van der Waals surface area contributed by atoms with Crippen LogP contribution in [0.25, 0.3) is 0 Å². The molecule has 0 saturated carbocycles. The Labute approximate surface area is 98.5 Å². The molecule has 5 heteroatoms. The summed E-state index contributed by atoms with van der Waals surface area (Å²) < 4.78 is 7.00. The lowest BCUT2D eigenvalue weighted by Gasteiger charge is -1.98. The summed E-state index contributed by atoms with van der Waals surface area (Å²) in [5.41, 5.74) is 6.66. The van der Waals surface area contributed by atoms with Crippen LogP contribution in [-0.4, -0.2) is 5.16 Å². The van der Waals surface area contributed by atoms with Crippen LogP contribution in [0.3, 0.4) is 0 Å². The third kappa shape index (κ3) is 2.79. The van der Waals surface area contributed by atoms with Crippen molar-refractivity contribution in [2.75, 3.05) is 5.73 Å². The van der Waals surface area contributed by atoms with Gasteiger partial charge in [0.25, 0.3) is 5.82 Å². The normalized spacial score (nSPS) is 9.67. The first kappa shape index (κ1) is 11.7. The number of aromatic nitrogens is 2. The van der Waals surface area contributed by atoms with Crippen molar-refractivity contribution < 1.29 is 26.1 Å². The zero-order valence-corrected chi connectivity index (χ0v) is 9.94. The average Bonchev–Trinajstić information content (AvgIpc) is 2.56. The van der Waals surface area contributed by atoms with Gasteiger partial charge in [-0.1, -0.05) is 11.2 Å². The van der Waals surface area contributed by atoms with Crippen molar-refractivity contribution >= 4 is 5.82 Å². The van der Waals surface area contributed by atoms with Gasteiger partial charge in [0, 0.05) is 12.1 Å². The van der Waals surface area contributed by atoms with Gasteiger partial charge in [-0.15, -0.1) is 0 Å². The van der Waals surface area contributed by atoms with Crippen molar-refractivity contribution in [3.05, 3.63) is 41.9 Å². The molecular formula is C10H12BrN3O. The molecule has 2 aromatic heterocycles. The van der Waals surface area contributed by atoms with Gasteiger partial charge < -0.3 is 21.5 Å². The summed E-state index contributed by atoms with van der Waals surface area (Å²) in [5.74, 6) is 1.52. The van der Waals surface area contributed by atoms with Gasteiger partial charge in [0.2, 0.25) is 0 Å². The molecule has 15 heavy (non-hydrogen) atoms. The molecule has 0 fully saturated rings. The van der Waals surface area contributed by atoms with Crippen molar-refractivity contribution in [2.24, 2.45) is 0 Å². The molecule has 0 amide bonds. The van der Waals surface area contributed by atoms with E-state index in [1.165, 1.54) is 0 Å². The maximum Gasteiger partial charge on any atom is 0.272 e. The molecule has 80 valence electrons. The number of anilines is 1. The van der Waals surface area contributed by atoms with Crippen LogP contribution >= 0.6 is 0 Å². The van der Waals surface area contributed by atoms with Gasteiger partial charge >= 0.3 is 0 Å². The molecule has 0 aliphatic carbocycles. The second-order valence-electron chi connectivity index (χ2n) is 3.19. The quantitative estimate of drug-likeness (QED) is 0.636. The van der Waals surface area contributed by atoms with E-state index in [9.17, 15) is 0 Å². The Hall–Kier alpha value is -1.36. The zero-order chi connectivity index (χ0) is 9.97. The van der Waals surface area contributed by atoms with Gasteiger partial charge in [-0.2, -0.15) is 0 Å². The topological polar surface area (TPSA) is 55.9 Å². The average molecular weight is 270 g/mol. The van der Waals surface area contributed by atoms with Crippen molar-refractivity contribution in [1.29, 1.82) is 0 Å². The summed E-state index contributed by atoms with van der Waals surface area (Å²) in [6.45, 7) is 2.51. The lowest BCUT2D eigenvalue weighted by atomic mass is 10.3. The molecule has 2 aromatic rings. The summed E-state index contributed by atoms with van der Waals surface area (Å²) >= 11 is 0. The number of rotatable bonds is 2. The van der Waals surface area contributed by atoms with E-state index < -0.39 is 0 Å². The predicted octanol–water partition coefficient (Wildman–Crippen LogP) is -2.09. The first-order valence-corrected chi connectivity index (χ1v) is 4.42. The van der Waals surface area contributed by atoms with Crippen molar-refractivity contribution in [2.45, 2.75) is 13.5 Å². The number of halogens is 1. The Bertz CT molecular complexity index is 442. The summed E-state index contributed by atoms with van der Waals surface area (Å²) in [7, 11) is 0. The molecule has 0 atom stereocenters. The van der Waals surface area contributed by atoms with E-state index in [1.54, 1.807) is 0 Å². The molecule has 0 radical (unpaired) electrons. The molecule has 0 unspecified atom stereocenters. The highest BCUT2D eigenvalue weighted by atomic mass is 79.9. The maximum absolute atomic E-state index is 5.78. The minimum Gasteiger partial charge on any atom is -1.00 e. The Morgan fingerprint density at radius 2 is 2.27 bits per heavy atom. The number of nitrogen functional groups attached to an aromatic ring is 1. The standard InChI is InChI=1S/C10H11N3O.BrH/c1-8-6-9(14-12-8)7-13-5-3-2-4-10(13)11;/h2-6,11H,7H2,1H3;1H. The SMILES string of the molecule is Cc1cc(C[n+]2ccccc2N)on1.[Br-]. The molecule has 2 rings (SSSR count). The number of pyridine rings is 1. The van der Waals surface area contributed by atoms with E-state index in [0.29, 0.717) is 12.4 Å². The van der Waals surface area contributed by atoms with Crippen molar-refractivity contribution in [1.82, 2.24) is 5.16 Å². The van der Waals surface area contributed by atoms with Crippen LogP contribution in [0.5, 0.6) is 0 Å². The zero-order valence-electron chi connectivity index (χ0n) is 8.35.